The molecule has 0 fully saturated rings. The third-order valence-corrected chi connectivity index (χ3v) is 3.54. The zero-order valence-corrected chi connectivity index (χ0v) is 12.2. The molecule has 0 unspecified atom stereocenters. The number of nitrogens with two attached hydrogens (primary N) is 1. The van der Waals surface area contributed by atoms with E-state index < -0.39 is 0 Å². The van der Waals surface area contributed by atoms with Crippen molar-refractivity contribution >= 4 is 39.8 Å². The first-order valence-corrected chi connectivity index (χ1v) is 6.94. The first-order valence-electron chi connectivity index (χ1n) is 6.15. The highest BCUT2D eigenvalue weighted by molar-refractivity contribution is 7.80. The number of imidazole rings is 1. The fourth-order valence-electron chi connectivity index (χ4n) is 2.24. The molecule has 0 saturated carbocycles. The molecule has 3 nitrogen and oxygen atoms in total. The molecule has 2 N–H and O–H groups in total. The molecule has 0 bridgehead atoms. The number of para-hydroxylation sites is 2. The average molecular weight is 302 g/mol. The predicted octanol–water partition coefficient (Wildman–Crippen LogP) is 3.64. The minimum atomic E-state index is 0.418. The Morgan fingerprint density at radius 1 is 1.15 bits per heavy atom. The Morgan fingerprint density at radius 2 is 1.85 bits per heavy atom. The Labute approximate surface area is 127 Å². The molecule has 2 aromatic carbocycles. The van der Waals surface area contributed by atoms with Crippen LogP contribution < -0.4 is 5.73 Å². The maximum Gasteiger partial charge on any atom is 0.143 e. The van der Waals surface area contributed by atoms with Gasteiger partial charge < -0.3 is 10.3 Å². The minimum absolute atomic E-state index is 0.418. The van der Waals surface area contributed by atoms with Crippen LogP contribution >= 0.6 is 23.8 Å². The van der Waals surface area contributed by atoms with Crippen LogP contribution in [0.5, 0.6) is 0 Å². The van der Waals surface area contributed by atoms with Gasteiger partial charge in [0, 0.05) is 5.56 Å². The van der Waals surface area contributed by atoms with Crippen LogP contribution in [0.1, 0.15) is 0 Å². The maximum atomic E-state index is 6.28. The molecular formula is C15H12ClN3S. The van der Waals surface area contributed by atoms with E-state index in [1.54, 1.807) is 0 Å². The lowest BCUT2D eigenvalue weighted by Gasteiger charge is -2.09. The summed E-state index contributed by atoms with van der Waals surface area (Å²) in [6.45, 7) is 0.441. The van der Waals surface area contributed by atoms with Gasteiger partial charge in [-0.05, 0) is 24.3 Å². The molecule has 0 aliphatic carbocycles. The first kappa shape index (κ1) is 13.1. The molecule has 3 aromatic rings. The number of benzene rings is 2. The number of fused-ring (bicyclic) bond motifs is 1. The molecule has 5 heteroatoms. The monoisotopic (exact) mass is 301 g/mol. The number of aromatic nitrogens is 2. The highest BCUT2D eigenvalue weighted by Crippen LogP contribution is 2.29. The third-order valence-electron chi connectivity index (χ3n) is 3.08. The molecule has 0 aliphatic heterocycles. The summed E-state index contributed by atoms with van der Waals surface area (Å²) in [4.78, 5) is 5.08. The van der Waals surface area contributed by atoms with Crippen LogP contribution in [0, 0.1) is 0 Å². The molecule has 0 saturated heterocycles. The molecule has 0 radical (unpaired) electrons. The lowest BCUT2D eigenvalue weighted by atomic mass is 10.2. The smallest absolute Gasteiger partial charge is 0.143 e. The van der Waals surface area contributed by atoms with Crippen molar-refractivity contribution < 1.29 is 0 Å². The van der Waals surface area contributed by atoms with E-state index in [9.17, 15) is 0 Å². The van der Waals surface area contributed by atoms with E-state index in [4.69, 9.17) is 29.6 Å². The molecule has 100 valence electrons. The standard InChI is InChI=1S/C15H12ClN3S/c16-11-6-2-1-5-10(11)15-18-12-7-3-4-8-13(12)19(15)9-14(17)20/h1-8H,9H2,(H2,17,20). The van der Waals surface area contributed by atoms with E-state index >= 15 is 0 Å². The Bertz CT molecular complexity index is 795. The summed E-state index contributed by atoms with van der Waals surface area (Å²) < 4.78 is 2.00. The molecule has 0 atom stereocenters. The van der Waals surface area contributed by atoms with Gasteiger partial charge in [0.1, 0.15) is 5.82 Å². The molecule has 0 spiro atoms. The fourth-order valence-corrected chi connectivity index (χ4v) is 2.59. The predicted molar refractivity (Wildman–Crippen MR) is 87.0 cm³/mol. The fraction of sp³-hybridized carbons (Fsp3) is 0.0667. The van der Waals surface area contributed by atoms with Gasteiger partial charge in [0.25, 0.3) is 0 Å². The van der Waals surface area contributed by atoms with Crippen molar-refractivity contribution in [3.05, 3.63) is 53.6 Å². The van der Waals surface area contributed by atoms with Crippen molar-refractivity contribution in [1.82, 2.24) is 9.55 Å². The van der Waals surface area contributed by atoms with Crippen LogP contribution in [0.4, 0.5) is 0 Å². The van der Waals surface area contributed by atoms with Crippen molar-refractivity contribution in [2.24, 2.45) is 5.73 Å². The van der Waals surface area contributed by atoms with Gasteiger partial charge in [0.05, 0.1) is 27.6 Å². The van der Waals surface area contributed by atoms with E-state index in [1.807, 2.05) is 53.1 Å². The van der Waals surface area contributed by atoms with E-state index in [0.29, 0.717) is 16.6 Å². The lowest BCUT2D eigenvalue weighted by molar-refractivity contribution is 0.895. The van der Waals surface area contributed by atoms with Crippen LogP contribution in [0.25, 0.3) is 22.4 Å². The minimum Gasteiger partial charge on any atom is -0.392 e. The normalized spacial score (nSPS) is 10.8. The van der Waals surface area contributed by atoms with Gasteiger partial charge in [-0.1, -0.05) is 48.1 Å². The van der Waals surface area contributed by atoms with Crippen LogP contribution in [0.15, 0.2) is 48.5 Å². The van der Waals surface area contributed by atoms with Crippen LogP contribution in [0.2, 0.25) is 5.02 Å². The number of hydrogen-bond acceptors (Lipinski definition) is 2. The van der Waals surface area contributed by atoms with E-state index in [-0.39, 0.29) is 0 Å². The Morgan fingerprint density at radius 3 is 2.60 bits per heavy atom. The van der Waals surface area contributed by atoms with Crippen LogP contribution in [-0.2, 0) is 6.54 Å². The summed E-state index contributed by atoms with van der Waals surface area (Å²) in [5.41, 5.74) is 8.48. The van der Waals surface area contributed by atoms with Gasteiger partial charge in [-0.3, -0.25) is 0 Å². The van der Waals surface area contributed by atoms with Gasteiger partial charge >= 0.3 is 0 Å². The zero-order valence-electron chi connectivity index (χ0n) is 10.6. The van der Waals surface area contributed by atoms with Gasteiger partial charge in [-0.15, -0.1) is 0 Å². The van der Waals surface area contributed by atoms with Gasteiger partial charge in [-0.25, -0.2) is 4.98 Å². The van der Waals surface area contributed by atoms with Gasteiger partial charge in [-0.2, -0.15) is 0 Å². The summed E-state index contributed by atoms with van der Waals surface area (Å²) in [5.74, 6) is 0.782. The van der Waals surface area contributed by atoms with Gasteiger partial charge in [0.15, 0.2) is 0 Å². The summed E-state index contributed by atoms with van der Waals surface area (Å²) in [6, 6.07) is 15.5. The van der Waals surface area contributed by atoms with Crippen LogP contribution in [0.3, 0.4) is 0 Å². The van der Waals surface area contributed by atoms with Gasteiger partial charge in [0.2, 0.25) is 0 Å². The second-order valence-corrected chi connectivity index (χ2v) is 5.39. The number of hydrogen-bond donors (Lipinski definition) is 1. The largest absolute Gasteiger partial charge is 0.392 e. The van der Waals surface area contributed by atoms with Crippen molar-refractivity contribution in [3.8, 4) is 11.4 Å². The Kier molecular flexibility index (Phi) is 3.42. The molecule has 3 rings (SSSR count). The number of rotatable bonds is 3. The summed E-state index contributed by atoms with van der Waals surface area (Å²) in [7, 11) is 0. The molecule has 1 heterocycles. The van der Waals surface area contributed by atoms with Crippen molar-refractivity contribution in [2.75, 3.05) is 0 Å². The zero-order chi connectivity index (χ0) is 14.1. The Hall–Kier alpha value is -1.91. The third kappa shape index (κ3) is 2.28. The topological polar surface area (TPSA) is 43.8 Å². The molecular weight excluding hydrogens is 290 g/mol. The first-order chi connectivity index (χ1) is 9.66. The number of thiocarbonyl (C=S) groups is 1. The molecule has 1 aromatic heterocycles. The summed E-state index contributed by atoms with van der Waals surface area (Å²) in [5, 5.41) is 0.659. The van der Waals surface area contributed by atoms with E-state index in [0.717, 1.165) is 22.4 Å². The Balaban J connectivity index is 2.29. The summed E-state index contributed by atoms with van der Waals surface area (Å²) >= 11 is 11.3. The van der Waals surface area contributed by atoms with Crippen LogP contribution in [-0.4, -0.2) is 14.5 Å². The summed E-state index contributed by atoms with van der Waals surface area (Å²) in [6.07, 6.45) is 0. The second-order valence-electron chi connectivity index (χ2n) is 4.46. The number of halogens is 1. The highest BCUT2D eigenvalue weighted by Gasteiger charge is 2.14. The van der Waals surface area contributed by atoms with Crippen molar-refractivity contribution in [1.29, 1.82) is 0 Å². The number of nitrogens with zero attached hydrogens (tertiary/aromatic N) is 2. The second kappa shape index (κ2) is 5.23. The molecule has 0 aliphatic rings. The quantitative estimate of drug-likeness (QED) is 0.751. The van der Waals surface area contributed by atoms with E-state index in [1.165, 1.54) is 0 Å². The lowest BCUT2D eigenvalue weighted by Crippen LogP contribution is -2.17. The SMILES string of the molecule is NC(=S)Cn1c(-c2ccccc2Cl)nc2ccccc21. The average Bonchev–Trinajstić information content (AvgIpc) is 2.78. The van der Waals surface area contributed by atoms with Crippen molar-refractivity contribution in [3.63, 3.8) is 0 Å². The molecule has 20 heavy (non-hydrogen) atoms. The maximum absolute atomic E-state index is 6.28. The van der Waals surface area contributed by atoms with E-state index in [2.05, 4.69) is 4.98 Å². The molecule has 0 amide bonds. The highest BCUT2D eigenvalue weighted by atomic mass is 35.5. The van der Waals surface area contributed by atoms with Crippen molar-refractivity contribution in [2.45, 2.75) is 6.54 Å².